The predicted molar refractivity (Wildman–Crippen MR) is 71.4 cm³/mol. The lowest BCUT2D eigenvalue weighted by atomic mass is 10.3. The molecule has 18 heavy (non-hydrogen) atoms. The fraction of sp³-hybridized carbons (Fsp3) is 0.357. The molecular formula is C14H18N4. The van der Waals surface area contributed by atoms with Crippen molar-refractivity contribution in [2.24, 2.45) is 5.73 Å². The van der Waals surface area contributed by atoms with E-state index in [2.05, 4.69) is 28.2 Å². The molecule has 1 aromatic carbocycles. The van der Waals surface area contributed by atoms with E-state index in [0.29, 0.717) is 6.04 Å². The van der Waals surface area contributed by atoms with Gasteiger partial charge >= 0.3 is 0 Å². The van der Waals surface area contributed by atoms with Crippen LogP contribution >= 0.6 is 0 Å². The molecule has 0 amide bonds. The van der Waals surface area contributed by atoms with Gasteiger partial charge in [-0.2, -0.15) is 5.10 Å². The Morgan fingerprint density at radius 2 is 2.06 bits per heavy atom. The van der Waals surface area contributed by atoms with Crippen LogP contribution in [0.3, 0.4) is 0 Å². The molecular weight excluding hydrogens is 224 g/mol. The first-order chi connectivity index (χ1) is 8.81. The molecule has 0 bridgehead atoms. The highest BCUT2D eigenvalue weighted by Crippen LogP contribution is 2.12. The second kappa shape index (κ2) is 4.92. The van der Waals surface area contributed by atoms with Gasteiger partial charge in [0, 0.05) is 31.9 Å². The van der Waals surface area contributed by atoms with Gasteiger partial charge in [-0.05, 0) is 24.6 Å². The maximum atomic E-state index is 5.91. The van der Waals surface area contributed by atoms with Crippen LogP contribution in [0.25, 0.3) is 5.69 Å². The molecule has 4 heteroatoms. The molecule has 2 aromatic rings. The van der Waals surface area contributed by atoms with Crippen LogP contribution in [0.5, 0.6) is 0 Å². The van der Waals surface area contributed by atoms with Crippen molar-refractivity contribution in [1.29, 1.82) is 0 Å². The standard InChI is InChI=1S/C14H18N4/c15-12-6-8-17(10-12)11-13-7-9-18(16-13)14-4-2-1-3-5-14/h1-5,7,9,12H,6,8,10-11,15H2/t12-/m1/s1. The summed E-state index contributed by atoms with van der Waals surface area (Å²) in [6.45, 7) is 2.96. The number of hydrogen-bond donors (Lipinski definition) is 1. The highest BCUT2D eigenvalue weighted by atomic mass is 15.3. The molecule has 1 aliphatic rings. The summed E-state index contributed by atoms with van der Waals surface area (Å²) >= 11 is 0. The Morgan fingerprint density at radius 1 is 1.22 bits per heavy atom. The first-order valence-corrected chi connectivity index (χ1v) is 6.39. The number of likely N-dealkylation sites (tertiary alicyclic amines) is 1. The first kappa shape index (κ1) is 11.4. The van der Waals surface area contributed by atoms with Gasteiger partial charge in [0.25, 0.3) is 0 Å². The average molecular weight is 242 g/mol. The average Bonchev–Trinajstić information content (AvgIpc) is 3.01. The Kier molecular flexibility index (Phi) is 3.13. The number of nitrogens with two attached hydrogens (primary N) is 1. The summed E-state index contributed by atoms with van der Waals surface area (Å²) in [5, 5.41) is 4.60. The molecule has 1 saturated heterocycles. The topological polar surface area (TPSA) is 47.1 Å². The molecule has 1 atom stereocenters. The van der Waals surface area contributed by atoms with Crippen molar-refractivity contribution in [2.45, 2.75) is 19.0 Å². The minimum absolute atomic E-state index is 0.334. The summed E-state index contributed by atoms with van der Waals surface area (Å²) in [6, 6.07) is 12.6. The van der Waals surface area contributed by atoms with E-state index in [9.17, 15) is 0 Å². The first-order valence-electron chi connectivity index (χ1n) is 6.39. The van der Waals surface area contributed by atoms with Crippen LogP contribution in [0.4, 0.5) is 0 Å². The van der Waals surface area contributed by atoms with Gasteiger partial charge in [-0.3, -0.25) is 4.90 Å². The number of para-hydroxylation sites is 1. The second-order valence-electron chi connectivity index (χ2n) is 4.87. The van der Waals surface area contributed by atoms with Crippen LogP contribution in [0.2, 0.25) is 0 Å². The fourth-order valence-electron chi connectivity index (χ4n) is 2.41. The minimum atomic E-state index is 0.334. The van der Waals surface area contributed by atoms with Crippen molar-refractivity contribution in [2.75, 3.05) is 13.1 Å². The zero-order chi connectivity index (χ0) is 12.4. The number of rotatable bonds is 3. The molecule has 1 aliphatic heterocycles. The molecule has 0 spiro atoms. The molecule has 3 rings (SSSR count). The quantitative estimate of drug-likeness (QED) is 0.885. The molecule has 4 nitrogen and oxygen atoms in total. The Balaban J connectivity index is 1.70. The van der Waals surface area contributed by atoms with Crippen LogP contribution in [0.1, 0.15) is 12.1 Å². The van der Waals surface area contributed by atoms with E-state index in [-0.39, 0.29) is 0 Å². The zero-order valence-electron chi connectivity index (χ0n) is 10.4. The van der Waals surface area contributed by atoms with E-state index >= 15 is 0 Å². The third-order valence-electron chi connectivity index (χ3n) is 3.36. The lowest BCUT2D eigenvalue weighted by molar-refractivity contribution is 0.322. The molecule has 0 unspecified atom stereocenters. The fourth-order valence-corrected chi connectivity index (χ4v) is 2.41. The van der Waals surface area contributed by atoms with Crippen molar-refractivity contribution >= 4 is 0 Å². The zero-order valence-corrected chi connectivity index (χ0v) is 10.4. The van der Waals surface area contributed by atoms with Gasteiger partial charge in [0.05, 0.1) is 11.4 Å². The van der Waals surface area contributed by atoms with E-state index in [1.807, 2.05) is 29.1 Å². The lowest BCUT2D eigenvalue weighted by Gasteiger charge is -2.12. The van der Waals surface area contributed by atoms with Gasteiger partial charge in [-0.1, -0.05) is 18.2 Å². The maximum Gasteiger partial charge on any atom is 0.0769 e. The van der Waals surface area contributed by atoms with Gasteiger partial charge in [-0.15, -0.1) is 0 Å². The third kappa shape index (κ3) is 2.44. The van der Waals surface area contributed by atoms with Crippen molar-refractivity contribution in [3.05, 3.63) is 48.3 Å². The van der Waals surface area contributed by atoms with Gasteiger partial charge in [-0.25, -0.2) is 4.68 Å². The van der Waals surface area contributed by atoms with Gasteiger partial charge < -0.3 is 5.73 Å². The van der Waals surface area contributed by atoms with Crippen molar-refractivity contribution in [3.8, 4) is 5.69 Å². The van der Waals surface area contributed by atoms with E-state index in [1.165, 1.54) is 0 Å². The molecule has 0 radical (unpaired) electrons. The Morgan fingerprint density at radius 3 is 2.78 bits per heavy atom. The highest BCUT2D eigenvalue weighted by molar-refractivity contribution is 5.30. The second-order valence-corrected chi connectivity index (χ2v) is 4.87. The SMILES string of the molecule is N[C@@H]1CCN(Cc2ccn(-c3ccccc3)n2)C1. The molecule has 0 aliphatic carbocycles. The Labute approximate surface area is 107 Å². The Hall–Kier alpha value is -1.65. The molecule has 0 saturated carbocycles. The van der Waals surface area contributed by atoms with Crippen LogP contribution in [-0.4, -0.2) is 33.8 Å². The van der Waals surface area contributed by atoms with E-state index < -0.39 is 0 Å². The number of hydrogen-bond acceptors (Lipinski definition) is 3. The van der Waals surface area contributed by atoms with E-state index in [4.69, 9.17) is 5.73 Å². The number of aromatic nitrogens is 2. The van der Waals surface area contributed by atoms with Crippen molar-refractivity contribution in [1.82, 2.24) is 14.7 Å². The molecule has 2 heterocycles. The molecule has 2 N–H and O–H groups in total. The third-order valence-corrected chi connectivity index (χ3v) is 3.36. The Bertz CT molecular complexity index is 506. The summed E-state index contributed by atoms with van der Waals surface area (Å²) in [6.07, 6.45) is 3.11. The molecule has 1 fully saturated rings. The van der Waals surface area contributed by atoms with Gasteiger partial charge in [0.15, 0.2) is 0 Å². The smallest absolute Gasteiger partial charge is 0.0769 e. The summed E-state index contributed by atoms with van der Waals surface area (Å²) in [7, 11) is 0. The summed E-state index contributed by atoms with van der Waals surface area (Å²) in [5.41, 5.74) is 8.11. The maximum absolute atomic E-state index is 5.91. The largest absolute Gasteiger partial charge is 0.326 e. The lowest BCUT2D eigenvalue weighted by Crippen LogP contribution is -2.26. The number of nitrogens with zero attached hydrogens (tertiary/aromatic N) is 3. The highest BCUT2D eigenvalue weighted by Gasteiger charge is 2.19. The summed E-state index contributed by atoms with van der Waals surface area (Å²) in [4.78, 5) is 2.36. The normalized spacial score (nSPS) is 20.4. The monoisotopic (exact) mass is 242 g/mol. The van der Waals surface area contributed by atoms with Crippen LogP contribution in [-0.2, 0) is 6.54 Å². The minimum Gasteiger partial charge on any atom is -0.326 e. The summed E-state index contributed by atoms with van der Waals surface area (Å²) in [5.74, 6) is 0. The number of benzene rings is 1. The summed E-state index contributed by atoms with van der Waals surface area (Å²) < 4.78 is 1.92. The molecule has 94 valence electrons. The van der Waals surface area contributed by atoms with Crippen LogP contribution < -0.4 is 5.73 Å². The molecule has 1 aromatic heterocycles. The van der Waals surface area contributed by atoms with Crippen LogP contribution in [0, 0.1) is 0 Å². The van der Waals surface area contributed by atoms with Crippen molar-refractivity contribution in [3.63, 3.8) is 0 Å². The predicted octanol–water partition coefficient (Wildman–Crippen LogP) is 1.41. The van der Waals surface area contributed by atoms with E-state index in [1.54, 1.807) is 0 Å². The van der Waals surface area contributed by atoms with Crippen LogP contribution in [0.15, 0.2) is 42.6 Å². The van der Waals surface area contributed by atoms with Gasteiger partial charge in [0.1, 0.15) is 0 Å². The van der Waals surface area contributed by atoms with Crippen molar-refractivity contribution < 1.29 is 0 Å². The van der Waals surface area contributed by atoms with E-state index in [0.717, 1.165) is 37.4 Å². The van der Waals surface area contributed by atoms with Gasteiger partial charge in [0.2, 0.25) is 0 Å².